The van der Waals surface area contributed by atoms with Crippen molar-refractivity contribution in [2.75, 3.05) is 5.32 Å². The molecule has 1 N–H and O–H groups in total. The second-order valence-electron chi connectivity index (χ2n) is 7.47. The third-order valence-corrected chi connectivity index (χ3v) is 5.58. The molecule has 31 heavy (non-hydrogen) atoms. The number of hydrogen-bond acceptors (Lipinski definition) is 6. The summed E-state index contributed by atoms with van der Waals surface area (Å²) in [4.78, 5) is 25.4. The molecule has 0 unspecified atom stereocenters. The molecule has 1 amide bonds. The Bertz CT molecular complexity index is 1350. The monoisotopic (exact) mass is 417 g/mol. The minimum atomic E-state index is -0.596. The molecule has 2 heterocycles. The van der Waals surface area contributed by atoms with E-state index in [4.69, 9.17) is 9.05 Å². The predicted octanol–water partition coefficient (Wildman–Crippen LogP) is 4.84. The molecule has 0 aliphatic carbocycles. The molecule has 2 aromatic carbocycles. The standard InChI is InChI=1S/C24H23N3O4/c1-5-15-8-9-16(6-2)18(11-15)21-23(27-31-26-21)25-24(29)20-12-19(28)17-10-7-13(3)14(4)22(17)30-20/h7-12H,5-6H2,1-4H3,(H,25,27,29). The summed E-state index contributed by atoms with van der Waals surface area (Å²) in [6.07, 6.45) is 1.66. The van der Waals surface area contributed by atoms with Crippen LogP contribution >= 0.6 is 0 Å². The van der Waals surface area contributed by atoms with Crippen LogP contribution in [0.4, 0.5) is 5.82 Å². The molecule has 0 saturated heterocycles. The molecule has 0 fully saturated rings. The van der Waals surface area contributed by atoms with E-state index in [9.17, 15) is 9.59 Å². The topological polar surface area (TPSA) is 98.2 Å². The van der Waals surface area contributed by atoms with Crippen molar-refractivity contribution in [2.45, 2.75) is 40.5 Å². The van der Waals surface area contributed by atoms with Crippen molar-refractivity contribution >= 4 is 22.7 Å². The van der Waals surface area contributed by atoms with Crippen LogP contribution in [0.1, 0.15) is 46.7 Å². The molecule has 2 aromatic heterocycles. The minimum absolute atomic E-state index is 0.0989. The molecule has 0 saturated carbocycles. The van der Waals surface area contributed by atoms with E-state index in [0.29, 0.717) is 16.7 Å². The van der Waals surface area contributed by atoms with Crippen molar-refractivity contribution in [2.24, 2.45) is 0 Å². The third-order valence-electron chi connectivity index (χ3n) is 5.58. The highest BCUT2D eigenvalue weighted by Gasteiger charge is 2.21. The maximum Gasteiger partial charge on any atom is 0.292 e. The van der Waals surface area contributed by atoms with Gasteiger partial charge in [0.15, 0.2) is 16.9 Å². The molecule has 0 spiro atoms. The summed E-state index contributed by atoms with van der Waals surface area (Å²) < 4.78 is 10.7. The molecule has 7 nitrogen and oxygen atoms in total. The number of rotatable bonds is 5. The smallest absolute Gasteiger partial charge is 0.292 e. The Hall–Kier alpha value is -3.74. The summed E-state index contributed by atoms with van der Waals surface area (Å²) in [5, 5.41) is 11.0. The predicted molar refractivity (Wildman–Crippen MR) is 118 cm³/mol. The molecule has 4 rings (SSSR count). The van der Waals surface area contributed by atoms with Crippen LogP contribution in [0.25, 0.3) is 22.2 Å². The Morgan fingerprint density at radius 2 is 1.84 bits per heavy atom. The summed E-state index contributed by atoms with van der Waals surface area (Å²) in [7, 11) is 0. The van der Waals surface area contributed by atoms with Gasteiger partial charge in [0.25, 0.3) is 5.91 Å². The second kappa shape index (κ2) is 8.18. The summed E-state index contributed by atoms with van der Waals surface area (Å²) in [6.45, 7) is 7.89. The van der Waals surface area contributed by atoms with E-state index in [0.717, 1.165) is 40.7 Å². The van der Waals surface area contributed by atoms with Crippen LogP contribution in [0.15, 0.2) is 50.2 Å². The van der Waals surface area contributed by atoms with Crippen molar-refractivity contribution < 1.29 is 13.8 Å². The maximum atomic E-state index is 12.9. The van der Waals surface area contributed by atoms with Crippen molar-refractivity contribution in [1.82, 2.24) is 10.3 Å². The Morgan fingerprint density at radius 3 is 2.58 bits per heavy atom. The lowest BCUT2D eigenvalue weighted by atomic mass is 9.98. The Labute approximate surface area is 179 Å². The number of amides is 1. The number of benzene rings is 2. The average molecular weight is 417 g/mol. The number of carbonyl (C=O) groups excluding carboxylic acids is 1. The first kappa shape index (κ1) is 20.5. The Kier molecular flexibility index (Phi) is 5.42. The number of nitrogens with zero attached hydrogens (tertiary/aromatic N) is 2. The van der Waals surface area contributed by atoms with Gasteiger partial charge in [-0.25, -0.2) is 4.63 Å². The van der Waals surface area contributed by atoms with Gasteiger partial charge in [-0.2, -0.15) is 0 Å². The molecule has 7 heteroatoms. The van der Waals surface area contributed by atoms with Gasteiger partial charge >= 0.3 is 0 Å². The van der Waals surface area contributed by atoms with Gasteiger partial charge in [-0.05, 0) is 71.4 Å². The lowest BCUT2D eigenvalue weighted by Crippen LogP contribution is -2.16. The van der Waals surface area contributed by atoms with Gasteiger partial charge in [0, 0.05) is 11.6 Å². The van der Waals surface area contributed by atoms with Crippen LogP contribution in [0, 0.1) is 13.8 Å². The normalized spacial score (nSPS) is 11.1. The van der Waals surface area contributed by atoms with Crippen LogP contribution in [-0.4, -0.2) is 16.2 Å². The van der Waals surface area contributed by atoms with Gasteiger partial charge in [-0.15, -0.1) is 0 Å². The van der Waals surface area contributed by atoms with Gasteiger partial charge in [-0.3, -0.25) is 14.9 Å². The van der Waals surface area contributed by atoms with Crippen molar-refractivity contribution in [3.05, 3.63) is 74.6 Å². The molecule has 0 atom stereocenters. The van der Waals surface area contributed by atoms with E-state index in [1.807, 2.05) is 39.0 Å². The SMILES string of the molecule is CCc1ccc(CC)c(-c2nonc2NC(=O)c2cc(=O)c3ccc(C)c(C)c3o2)c1. The lowest BCUT2D eigenvalue weighted by molar-refractivity contribution is 0.0996. The molecule has 0 bridgehead atoms. The summed E-state index contributed by atoms with van der Waals surface area (Å²) in [6, 6.07) is 10.9. The number of anilines is 1. The summed E-state index contributed by atoms with van der Waals surface area (Å²) >= 11 is 0. The lowest BCUT2D eigenvalue weighted by Gasteiger charge is -2.09. The van der Waals surface area contributed by atoms with E-state index in [1.54, 1.807) is 6.07 Å². The average Bonchev–Trinajstić information content (AvgIpc) is 3.23. The Balaban J connectivity index is 1.73. The highest BCUT2D eigenvalue weighted by Crippen LogP contribution is 2.30. The van der Waals surface area contributed by atoms with Crippen LogP contribution < -0.4 is 10.7 Å². The van der Waals surface area contributed by atoms with E-state index >= 15 is 0 Å². The first-order valence-corrected chi connectivity index (χ1v) is 10.2. The fourth-order valence-corrected chi connectivity index (χ4v) is 3.55. The number of hydrogen-bond donors (Lipinski definition) is 1. The van der Waals surface area contributed by atoms with Crippen molar-refractivity contribution in [3.63, 3.8) is 0 Å². The molecular weight excluding hydrogens is 394 g/mol. The largest absolute Gasteiger partial charge is 0.450 e. The minimum Gasteiger partial charge on any atom is -0.450 e. The van der Waals surface area contributed by atoms with Crippen LogP contribution in [0.2, 0.25) is 0 Å². The highest BCUT2D eigenvalue weighted by molar-refractivity contribution is 6.04. The van der Waals surface area contributed by atoms with Gasteiger partial charge in [0.05, 0.1) is 5.39 Å². The highest BCUT2D eigenvalue weighted by atomic mass is 16.6. The molecule has 158 valence electrons. The number of fused-ring (bicyclic) bond motifs is 1. The van der Waals surface area contributed by atoms with Crippen molar-refractivity contribution in [3.8, 4) is 11.3 Å². The van der Waals surface area contributed by atoms with Gasteiger partial charge in [0.2, 0.25) is 5.82 Å². The molecule has 0 radical (unpaired) electrons. The van der Waals surface area contributed by atoms with E-state index < -0.39 is 5.91 Å². The molecule has 0 aliphatic heterocycles. The summed E-state index contributed by atoms with van der Waals surface area (Å²) in [5.41, 5.74) is 5.40. The van der Waals surface area contributed by atoms with E-state index in [2.05, 4.69) is 28.6 Å². The van der Waals surface area contributed by atoms with Crippen LogP contribution in [-0.2, 0) is 12.8 Å². The number of aromatic nitrogens is 2. The molecule has 0 aliphatic rings. The van der Waals surface area contributed by atoms with E-state index in [1.165, 1.54) is 6.07 Å². The zero-order chi connectivity index (χ0) is 22.1. The zero-order valence-corrected chi connectivity index (χ0v) is 17.9. The molecule has 4 aromatic rings. The fraction of sp³-hybridized carbons (Fsp3) is 0.250. The Morgan fingerprint density at radius 1 is 1.03 bits per heavy atom. The van der Waals surface area contributed by atoms with Gasteiger partial charge < -0.3 is 4.42 Å². The maximum absolute atomic E-state index is 12.9. The van der Waals surface area contributed by atoms with Crippen molar-refractivity contribution in [1.29, 1.82) is 0 Å². The van der Waals surface area contributed by atoms with Gasteiger partial charge in [-0.1, -0.05) is 32.0 Å². The summed E-state index contributed by atoms with van der Waals surface area (Å²) in [5.74, 6) is -0.517. The first-order chi connectivity index (χ1) is 14.9. The van der Waals surface area contributed by atoms with E-state index in [-0.39, 0.29) is 17.0 Å². The zero-order valence-electron chi connectivity index (χ0n) is 17.9. The quantitative estimate of drug-likeness (QED) is 0.499. The van der Waals surface area contributed by atoms with Crippen LogP contribution in [0.5, 0.6) is 0 Å². The van der Waals surface area contributed by atoms with Crippen LogP contribution in [0.3, 0.4) is 0 Å². The third kappa shape index (κ3) is 3.74. The molecular formula is C24H23N3O4. The fourth-order valence-electron chi connectivity index (χ4n) is 3.55. The number of nitrogens with one attached hydrogen (secondary N) is 1. The second-order valence-corrected chi connectivity index (χ2v) is 7.47. The first-order valence-electron chi connectivity index (χ1n) is 10.2. The number of carbonyl (C=O) groups is 1. The van der Waals surface area contributed by atoms with Gasteiger partial charge in [0.1, 0.15) is 5.58 Å². The number of aryl methyl sites for hydroxylation is 4.